The molecule has 0 saturated carbocycles. The van der Waals surface area contributed by atoms with E-state index in [9.17, 15) is 13.2 Å². The molecule has 4 aromatic rings. The van der Waals surface area contributed by atoms with Crippen LogP contribution in [-0.4, -0.2) is 64.7 Å². The Bertz CT molecular complexity index is 1540. The molecule has 1 amide bonds. The van der Waals surface area contributed by atoms with Gasteiger partial charge in [-0.2, -0.15) is 4.31 Å². The van der Waals surface area contributed by atoms with Gasteiger partial charge in [0.1, 0.15) is 0 Å². The lowest BCUT2D eigenvalue weighted by Gasteiger charge is -2.33. The number of sulfonamides is 1. The summed E-state index contributed by atoms with van der Waals surface area (Å²) in [6.07, 6.45) is 3.10. The molecule has 5 rings (SSSR count). The Morgan fingerprint density at radius 2 is 1.64 bits per heavy atom. The van der Waals surface area contributed by atoms with Crippen molar-refractivity contribution in [3.05, 3.63) is 83.5 Å². The van der Waals surface area contributed by atoms with Crippen LogP contribution in [0.1, 0.15) is 16.3 Å². The topological polar surface area (TPSA) is 122 Å². The number of carbonyl (C=O) groups excluding carboxylic acids is 1. The minimum Gasteiger partial charge on any atom is -0.333 e. The molecule has 184 valence electrons. The Labute approximate surface area is 213 Å². The van der Waals surface area contributed by atoms with Crippen LogP contribution in [-0.2, 0) is 16.6 Å². The number of hydrogen-bond acceptors (Lipinski definition) is 7. The van der Waals surface area contributed by atoms with Crippen LogP contribution >= 0.6 is 11.6 Å². The maximum atomic E-state index is 13.2. The number of rotatable bonds is 5. The van der Waals surface area contributed by atoms with Crippen LogP contribution in [0, 0.1) is 0 Å². The lowest BCUT2D eigenvalue weighted by atomic mass is 10.1. The molecule has 11 heteroatoms. The summed E-state index contributed by atoms with van der Waals surface area (Å²) in [5.41, 5.74) is 7.74. The Balaban J connectivity index is 1.26. The standard InChI is InChI=1S/C25H23ClN6O3S/c26-20-6-4-18-13-22(7-5-17(18)12-20)36(34,35)32-10-8-31(9-11-32)25(33)24-28-15-19(16-29-24)23-3-1-2-21(14-27)30-23/h1-7,12-13,15-16H,8-11,14,27H2. The molecule has 0 aliphatic carbocycles. The van der Waals surface area contributed by atoms with Crippen LogP contribution in [0.5, 0.6) is 0 Å². The second-order valence-electron chi connectivity index (χ2n) is 8.36. The molecule has 0 bridgehead atoms. The Kier molecular flexibility index (Phi) is 6.67. The second kappa shape index (κ2) is 9.90. The summed E-state index contributed by atoms with van der Waals surface area (Å²) in [5, 5.41) is 2.25. The SMILES string of the molecule is NCc1cccc(-c2cnc(C(=O)N3CCN(S(=O)(=O)c4ccc5cc(Cl)ccc5c4)CC3)nc2)n1. The van der Waals surface area contributed by atoms with Gasteiger partial charge in [0, 0.05) is 55.7 Å². The van der Waals surface area contributed by atoms with Crippen molar-refractivity contribution < 1.29 is 13.2 Å². The molecular formula is C25H23ClN6O3S. The quantitative estimate of drug-likeness (QED) is 0.427. The fraction of sp³-hybridized carbons (Fsp3) is 0.200. The first-order chi connectivity index (χ1) is 17.3. The van der Waals surface area contributed by atoms with Crippen molar-refractivity contribution in [1.29, 1.82) is 0 Å². The van der Waals surface area contributed by atoms with Crippen LogP contribution in [0.4, 0.5) is 0 Å². The Hall–Kier alpha value is -3.44. The van der Waals surface area contributed by atoms with Gasteiger partial charge < -0.3 is 10.6 Å². The summed E-state index contributed by atoms with van der Waals surface area (Å²) in [6.45, 7) is 1.17. The average Bonchev–Trinajstić information content (AvgIpc) is 2.92. The normalized spacial score (nSPS) is 14.8. The molecule has 0 radical (unpaired) electrons. The fourth-order valence-electron chi connectivity index (χ4n) is 4.10. The van der Waals surface area contributed by atoms with Crippen LogP contribution in [0.3, 0.4) is 0 Å². The highest BCUT2D eigenvalue weighted by molar-refractivity contribution is 7.89. The predicted molar refractivity (Wildman–Crippen MR) is 137 cm³/mol. The van der Waals surface area contributed by atoms with Crippen molar-refractivity contribution >= 4 is 38.3 Å². The number of aromatic nitrogens is 3. The van der Waals surface area contributed by atoms with Gasteiger partial charge >= 0.3 is 0 Å². The van der Waals surface area contributed by atoms with Gasteiger partial charge in [-0.25, -0.2) is 18.4 Å². The first kappa shape index (κ1) is 24.3. The number of nitrogens with two attached hydrogens (primary N) is 1. The van der Waals surface area contributed by atoms with Gasteiger partial charge in [0.25, 0.3) is 5.91 Å². The van der Waals surface area contributed by atoms with Crippen molar-refractivity contribution in [2.24, 2.45) is 5.73 Å². The van der Waals surface area contributed by atoms with Gasteiger partial charge in [-0.15, -0.1) is 0 Å². The first-order valence-corrected chi connectivity index (χ1v) is 13.1. The van der Waals surface area contributed by atoms with E-state index in [0.29, 0.717) is 22.8 Å². The molecule has 2 aromatic carbocycles. The third-order valence-electron chi connectivity index (χ3n) is 6.09. The third kappa shape index (κ3) is 4.80. The van der Waals surface area contributed by atoms with E-state index < -0.39 is 10.0 Å². The summed E-state index contributed by atoms with van der Waals surface area (Å²) in [5.74, 6) is -0.289. The molecule has 1 aliphatic heterocycles. The number of pyridine rings is 1. The van der Waals surface area contributed by atoms with Crippen molar-refractivity contribution in [1.82, 2.24) is 24.2 Å². The van der Waals surface area contributed by atoms with E-state index in [1.54, 1.807) is 53.7 Å². The summed E-state index contributed by atoms with van der Waals surface area (Å²) < 4.78 is 27.8. The van der Waals surface area contributed by atoms with Gasteiger partial charge in [-0.1, -0.05) is 29.8 Å². The van der Waals surface area contributed by atoms with E-state index in [1.165, 1.54) is 4.31 Å². The molecule has 2 aromatic heterocycles. The number of amides is 1. The Morgan fingerprint density at radius 1 is 0.944 bits per heavy atom. The molecule has 1 fully saturated rings. The van der Waals surface area contributed by atoms with E-state index in [2.05, 4.69) is 15.0 Å². The number of fused-ring (bicyclic) bond motifs is 1. The maximum Gasteiger partial charge on any atom is 0.291 e. The fourth-order valence-corrected chi connectivity index (χ4v) is 5.74. The largest absolute Gasteiger partial charge is 0.333 e. The third-order valence-corrected chi connectivity index (χ3v) is 8.22. The predicted octanol–water partition coefficient (Wildman–Crippen LogP) is 2.95. The van der Waals surface area contributed by atoms with Crippen LogP contribution in [0.2, 0.25) is 5.02 Å². The van der Waals surface area contributed by atoms with E-state index in [1.807, 2.05) is 18.2 Å². The minimum absolute atomic E-state index is 0.0539. The molecule has 3 heterocycles. The zero-order valence-corrected chi connectivity index (χ0v) is 20.8. The van der Waals surface area contributed by atoms with Gasteiger partial charge in [-0.05, 0) is 47.2 Å². The zero-order valence-electron chi connectivity index (χ0n) is 19.2. The second-order valence-corrected chi connectivity index (χ2v) is 10.7. The molecule has 0 unspecified atom stereocenters. The molecule has 36 heavy (non-hydrogen) atoms. The molecular weight excluding hydrogens is 500 g/mol. The molecule has 2 N–H and O–H groups in total. The maximum absolute atomic E-state index is 13.2. The Morgan fingerprint density at radius 3 is 2.36 bits per heavy atom. The van der Waals surface area contributed by atoms with E-state index in [4.69, 9.17) is 17.3 Å². The van der Waals surface area contributed by atoms with Gasteiger partial charge in [0.15, 0.2) is 0 Å². The first-order valence-electron chi connectivity index (χ1n) is 11.3. The minimum atomic E-state index is -3.70. The van der Waals surface area contributed by atoms with Gasteiger partial charge in [0.05, 0.1) is 16.3 Å². The molecule has 1 aliphatic rings. The lowest BCUT2D eigenvalue weighted by molar-refractivity contribution is 0.0685. The number of benzene rings is 2. The number of halogens is 1. The molecule has 0 spiro atoms. The number of piperazine rings is 1. The molecule has 0 atom stereocenters. The highest BCUT2D eigenvalue weighted by Gasteiger charge is 2.31. The highest BCUT2D eigenvalue weighted by Crippen LogP contribution is 2.25. The van der Waals surface area contributed by atoms with E-state index in [-0.39, 0.29) is 42.8 Å². The summed E-state index contributed by atoms with van der Waals surface area (Å²) in [4.78, 5) is 27.6. The van der Waals surface area contributed by atoms with Gasteiger partial charge in [-0.3, -0.25) is 9.78 Å². The number of carbonyl (C=O) groups is 1. The average molecular weight is 523 g/mol. The number of hydrogen-bond donors (Lipinski definition) is 1. The van der Waals surface area contributed by atoms with E-state index in [0.717, 1.165) is 16.5 Å². The van der Waals surface area contributed by atoms with Crippen LogP contribution in [0.15, 0.2) is 71.9 Å². The molecule has 1 saturated heterocycles. The van der Waals surface area contributed by atoms with Crippen LogP contribution < -0.4 is 5.73 Å². The van der Waals surface area contributed by atoms with Crippen molar-refractivity contribution in [3.63, 3.8) is 0 Å². The van der Waals surface area contributed by atoms with Crippen LogP contribution in [0.25, 0.3) is 22.0 Å². The lowest BCUT2D eigenvalue weighted by Crippen LogP contribution is -2.50. The monoisotopic (exact) mass is 522 g/mol. The smallest absolute Gasteiger partial charge is 0.291 e. The summed E-state index contributed by atoms with van der Waals surface area (Å²) in [7, 11) is -3.70. The molecule has 9 nitrogen and oxygen atoms in total. The summed E-state index contributed by atoms with van der Waals surface area (Å²) in [6, 6.07) is 15.8. The highest BCUT2D eigenvalue weighted by atomic mass is 35.5. The van der Waals surface area contributed by atoms with E-state index >= 15 is 0 Å². The van der Waals surface area contributed by atoms with Crippen molar-refractivity contribution in [2.75, 3.05) is 26.2 Å². The van der Waals surface area contributed by atoms with Gasteiger partial charge in [0.2, 0.25) is 15.8 Å². The number of nitrogens with zero attached hydrogens (tertiary/aromatic N) is 5. The van der Waals surface area contributed by atoms with Crippen molar-refractivity contribution in [2.45, 2.75) is 11.4 Å². The zero-order chi connectivity index (χ0) is 25.3. The van der Waals surface area contributed by atoms with Crippen molar-refractivity contribution in [3.8, 4) is 11.3 Å². The summed E-state index contributed by atoms with van der Waals surface area (Å²) >= 11 is 6.03.